The number of rotatable bonds is 5. The first kappa shape index (κ1) is 12.2. The zero-order valence-electron chi connectivity index (χ0n) is 11.7. The van der Waals surface area contributed by atoms with E-state index in [4.69, 9.17) is 0 Å². The number of aromatic nitrogens is 2. The van der Waals surface area contributed by atoms with Crippen molar-refractivity contribution in [3.05, 3.63) is 30.4 Å². The van der Waals surface area contributed by atoms with E-state index in [1.54, 1.807) is 0 Å². The zero-order valence-corrected chi connectivity index (χ0v) is 11.7. The first-order valence-electron chi connectivity index (χ1n) is 7.78. The second-order valence-corrected chi connectivity index (χ2v) is 6.43. The summed E-state index contributed by atoms with van der Waals surface area (Å²) in [6.45, 7) is 1.56. The summed E-state index contributed by atoms with van der Waals surface area (Å²) in [5.41, 5.74) is 0. The lowest BCUT2D eigenvalue weighted by molar-refractivity contribution is -0.125. The molecule has 0 aliphatic heterocycles. The van der Waals surface area contributed by atoms with Crippen molar-refractivity contribution in [1.82, 2.24) is 14.9 Å². The number of nitrogens with zero attached hydrogens (tertiary/aromatic N) is 2. The van der Waals surface area contributed by atoms with Crippen LogP contribution in [0.3, 0.4) is 0 Å². The molecule has 3 aliphatic carbocycles. The molecular weight excluding hydrogens is 250 g/mol. The number of allylic oxidation sites excluding steroid dienone is 2. The van der Waals surface area contributed by atoms with Crippen molar-refractivity contribution < 1.29 is 4.79 Å². The van der Waals surface area contributed by atoms with Crippen LogP contribution in [0.2, 0.25) is 0 Å². The number of hydrogen-bond acceptors (Lipinski definition) is 2. The minimum atomic E-state index is 0.218. The van der Waals surface area contributed by atoms with E-state index in [1.807, 2.05) is 12.4 Å². The SMILES string of the molecule is O=C(NCCn1ccnc1C1CC1)C1CC2C=CC1C2. The lowest BCUT2D eigenvalue weighted by atomic mass is 9.93. The minimum Gasteiger partial charge on any atom is -0.354 e. The molecule has 3 unspecified atom stereocenters. The van der Waals surface area contributed by atoms with Gasteiger partial charge in [0.25, 0.3) is 0 Å². The highest BCUT2D eigenvalue weighted by atomic mass is 16.1. The van der Waals surface area contributed by atoms with Gasteiger partial charge in [-0.1, -0.05) is 12.2 Å². The van der Waals surface area contributed by atoms with Crippen LogP contribution in [0.5, 0.6) is 0 Å². The smallest absolute Gasteiger partial charge is 0.223 e. The quantitative estimate of drug-likeness (QED) is 0.834. The Morgan fingerprint density at radius 3 is 2.95 bits per heavy atom. The fraction of sp³-hybridized carbons (Fsp3) is 0.625. The molecule has 20 heavy (non-hydrogen) atoms. The molecule has 3 atom stereocenters. The number of fused-ring (bicyclic) bond motifs is 2. The largest absolute Gasteiger partial charge is 0.354 e. The molecular formula is C16H21N3O. The maximum Gasteiger partial charge on any atom is 0.223 e. The van der Waals surface area contributed by atoms with E-state index in [-0.39, 0.29) is 11.8 Å². The summed E-state index contributed by atoms with van der Waals surface area (Å²) < 4.78 is 2.19. The predicted octanol–water partition coefficient (Wildman–Crippen LogP) is 2.09. The molecule has 2 fully saturated rings. The molecule has 1 aromatic heterocycles. The van der Waals surface area contributed by atoms with Gasteiger partial charge in [-0.15, -0.1) is 0 Å². The Morgan fingerprint density at radius 1 is 1.35 bits per heavy atom. The van der Waals surface area contributed by atoms with E-state index in [1.165, 1.54) is 25.1 Å². The normalized spacial score (nSPS) is 30.9. The predicted molar refractivity (Wildman–Crippen MR) is 76.1 cm³/mol. The van der Waals surface area contributed by atoms with Gasteiger partial charge < -0.3 is 9.88 Å². The van der Waals surface area contributed by atoms with Gasteiger partial charge in [0.05, 0.1) is 0 Å². The van der Waals surface area contributed by atoms with Crippen LogP contribution in [0.25, 0.3) is 0 Å². The molecule has 4 heteroatoms. The standard InChI is InChI=1S/C16H21N3O/c20-16(14-10-11-1-2-13(14)9-11)18-6-8-19-7-5-17-15(19)12-3-4-12/h1-2,5,7,11-14H,3-4,6,8-10H2,(H,18,20). The summed E-state index contributed by atoms with van der Waals surface area (Å²) in [4.78, 5) is 16.7. The lowest BCUT2D eigenvalue weighted by Crippen LogP contribution is -2.35. The maximum absolute atomic E-state index is 12.2. The third kappa shape index (κ3) is 2.17. The molecule has 0 saturated heterocycles. The van der Waals surface area contributed by atoms with E-state index in [2.05, 4.69) is 27.0 Å². The first-order valence-corrected chi connectivity index (χ1v) is 7.78. The molecule has 1 N–H and O–H groups in total. The summed E-state index contributed by atoms with van der Waals surface area (Å²) in [7, 11) is 0. The molecule has 2 saturated carbocycles. The van der Waals surface area contributed by atoms with Gasteiger partial charge >= 0.3 is 0 Å². The first-order chi connectivity index (χ1) is 9.81. The Labute approximate surface area is 119 Å². The maximum atomic E-state index is 12.2. The van der Waals surface area contributed by atoms with E-state index in [9.17, 15) is 4.79 Å². The third-order valence-electron chi connectivity index (χ3n) is 4.96. The molecule has 0 aromatic carbocycles. The molecule has 106 valence electrons. The Hall–Kier alpha value is -1.58. The highest BCUT2D eigenvalue weighted by molar-refractivity contribution is 5.79. The van der Waals surface area contributed by atoms with Crippen LogP contribution >= 0.6 is 0 Å². The summed E-state index contributed by atoms with van der Waals surface area (Å²) in [5, 5.41) is 3.11. The Kier molecular flexibility index (Phi) is 2.90. The van der Waals surface area contributed by atoms with Crippen LogP contribution in [0.15, 0.2) is 24.5 Å². The van der Waals surface area contributed by atoms with E-state index >= 15 is 0 Å². The van der Waals surface area contributed by atoms with Crippen LogP contribution in [0.1, 0.15) is 37.4 Å². The monoisotopic (exact) mass is 271 g/mol. The van der Waals surface area contributed by atoms with Crippen molar-refractivity contribution in [2.24, 2.45) is 17.8 Å². The fourth-order valence-corrected chi connectivity index (χ4v) is 3.72. The average Bonchev–Trinajstić information content (AvgIpc) is 2.91. The third-order valence-corrected chi connectivity index (χ3v) is 4.96. The Balaban J connectivity index is 1.29. The fourth-order valence-electron chi connectivity index (χ4n) is 3.72. The Bertz CT molecular complexity index is 544. The van der Waals surface area contributed by atoms with Gasteiger partial charge in [-0.25, -0.2) is 4.98 Å². The molecule has 1 heterocycles. The molecule has 1 aromatic rings. The van der Waals surface area contributed by atoms with Crippen molar-refractivity contribution in [2.75, 3.05) is 6.54 Å². The number of carbonyl (C=O) groups excluding carboxylic acids is 1. The number of imidazole rings is 1. The van der Waals surface area contributed by atoms with Gasteiger partial charge in [-0.2, -0.15) is 0 Å². The van der Waals surface area contributed by atoms with Gasteiger partial charge in [0.1, 0.15) is 5.82 Å². The number of hydrogen-bond donors (Lipinski definition) is 1. The lowest BCUT2D eigenvalue weighted by Gasteiger charge is -2.17. The van der Waals surface area contributed by atoms with E-state index < -0.39 is 0 Å². The van der Waals surface area contributed by atoms with Crippen LogP contribution in [-0.2, 0) is 11.3 Å². The molecule has 4 nitrogen and oxygen atoms in total. The van der Waals surface area contributed by atoms with Gasteiger partial charge in [0, 0.05) is 37.3 Å². The van der Waals surface area contributed by atoms with Crippen LogP contribution in [-0.4, -0.2) is 22.0 Å². The Morgan fingerprint density at radius 2 is 2.25 bits per heavy atom. The number of amides is 1. The zero-order chi connectivity index (χ0) is 13.5. The molecule has 3 aliphatic rings. The number of carbonyl (C=O) groups is 1. The van der Waals surface area contributed by atoms with E-state index in [0.717, 1.165) is 13.0 Å². The average molecular weight is 271 g/mol. The van der Waals surface area contributed by atoms with Crippen LogP contribution in [0, 0.1) is 17.8 Å². The summed E-state index contributed by atoms with van der Waals surface area (Å²) in [6.07, 6.45) is 13.2. The van der Waals surface area contributed by atoms with Crippen molar-refractivity contribution in [2.45, 2.75) is 38.1 Å². The van der Waals surface area contributed by atoms with Gasteiger partial charge in [0.15, 0.2) is 0 Å². The summed E-state index contributed by atoms with van der Waals surface area (Å²) in [6, 6.07) is 0. The molecule has 2 bridgehead atoms. The topological polar surface area (TPSA) is 46.9 Å². The summed E-state index contributed by atoms with van der Waals surface area (Å²) in [5.74, 6) is 3.48. The van der Waals surface area contributed by atoms with Crippen LogP contribution < -0.4 is 5.32 Å². The van der Waals surface area contributed by atoms with Gasteiger partial charge in [-0.05, 0) is 37.5 Å². The second-order valence-electron chi connectivity index (χ2n) is 6.43. The molecule has 0 radical (unpaired) electrons. The van der Waals surface area contributed by atoms with Crippen LogP contribution in [0.4, 0.5) is 0 Å². The van der Waals surface area contributed by atoms with Crippen molar-refractivity contribution in [3.8, 4) is 0 Å². The molecule has 4 rings (SSSR count). The van der Waals surface area contributed by atoms with Gasteiger partial charge in [0.2, 0.25) is 5.91 Å². The number of nitrogens with one attached hydrogen (secondary N) is 1. The highest BCUT2D eigenvalue weighted by Crippen LogP contribution is 2.43. The molecule has 1 amide bonds. The van der Waals surface area contributed by atoms with Crippen molar-refractivity contribution >= 4 is 5.91 Å². The van der Waals surface area contributed by atoms with Gasteiger partial charge in [-0.3, -0.25) is 4.79 Å². The van der Waals surface area contributed by atoms with Crippen molar-refractivity contribution in [3.63, 3.8) is 0 Å². The molecule has 0 spiro atoms. The summed E-state index contributed by atoms with van der Waals surface area (Å²) >= 11 is 0. The van der Waals surface area contributed by atoms with E-state index in [0.29, 0.717) is 24.3 Å². The highest BCUT2D eigenvalue weighted by Gasteiger charge is 2.39. The van der Waals surface area contributed by atoms with Crippen molar-refractivity contribution in [1.29, 1.82) is 0 Å². The second kappa shape index (κ2) is 4.76. The minimum absolute atomic E-state index is 0.218.